The molecule has 1 aromatic carbocycles. The molecular formula is C23H37ClN2O5. The number of hydrogen-bond acceptors (Lipinski definition) is 5. The van der Waals surface area contributed by atoms with Gasteiger partial charge in [0.2, 0.25) is 0 Å². The molecule has 0 amide bonds. The van der Waals surface area contributed by atoms with Crippen molar-refractivity contribution in [3.05, 3.63) is 28.8 Å². The number of nitrogens with zero attached hydrogens (tertiary/aromatic N) is 2. The minimum absolute atomic E-state index is 0.157. The third-order valence-electron chi connectivity index (χ3n) is 5.82. The predicted octanol–water partition coefficient (Wildman–Crippen LogP) is 3.98. The maximum atomic E-state index is 9.10. The number of halogens is 1. The smallest absolute Gasteiger partial charge is 0.414 e. The van der Waals surface area contributed by atoms with E-state index >= 15 is 0 Å². The first-order valence-electron chi connectivity index (χ1n) is 10.9. The molecule has 8 heteroatoms. The Balaban J connectivity index is 0.000000703. The van der Waals surface area contributed by atoms with Gasteiger partial charge in [-0.1, -0.05) is 45.4 Å². The van der Waals surface area contributed by atoms with Crippen molar-refractivity contribution in [1.29, 1.82) is 0 Å². The van der Waals surface area contributed by atoms with Crippen LogP contribution in [-0.4, -0.2) is 77.8 Å². The standard InChI is InChI=1S/C21H35ClN2O.C2H2O4/c1-5-21(3,4)18-9-10-20(19(22)17-18)25-16-8-7-11-24-14-12-23(6-2)13-15-24;3-1(4)2(5)6/h9-10,17H,5-8,11-16H2,1-4H3;(H,3,4)(H,5,6). The van der Waals surface area contributed by atoms with Gasteiger partial charge in [-0.2, -0.15) is 0 Å². The van der Waals surface area contributed by atoms with Gasteiger partial charge in [0, 0.05) is 26.2 Å². The van der Waals surface area contributed by atoms with Crippen LogP contribution in [-0.2, 0) is 15.0 Å². The predicted molar refractivity (Wildman–Crippen MR) is 123 cm³/mol. The molecule has 0 aromatic heterocycles. The van der Waals surface area contributed by atoms with Gasteiger partial charge >= 0.3 is 11.9 Å². The molecule has 1 aromatic rings. The fourth-order valence-electron chi connectivity index (χ4n) is 3.19. The maximum absolute atomic E-state index is 9.10. The zero-order chi connectivity index (χ0) is 23.4. The molecule has 176 valence electrons. The van der Waals surface area contributed by atoms with Crippen LogP contribution in [0.15, 0.2) is 18.2 Å². The van der Waals surface area contributed by atoms with Crippen LogP contribution in [0, 0.1) is 0 Å². The Kier molecular flexibility index (Phi) is 11.9. The fourth-order valence-corrected chi connectivity index (χ4v) is 3.43. The number of carboxylic acid groups (broad SMARTS) is 2. The normalized spacial score (nSPS) is 15.1. The minimum Gasteiger partial charge on any atom is -0.492 e. The number of piperazine rings is 1. The van der Waals surface area contributed by atoms with E-state index in [4.69, 9.17) is 36.1 Å². The van der Waals surface area contributed by atoms with Gasteiger partial charge in [-0.3, -0.25) is 0 Å². The summed E-state index contributed by atoms with van der Waals surface area (Å²) < 4.78 is 5.90. The van der Waals surface area contributed by atoms with Crippen LogP contribution in [0.5, 0.6) is 5.75 Å². The summed E-state index contributed by atoms with van der Waals surface area (Å²) in [5, 5.41) is 15.5. The average molecular weight is 457 g/mol. The first-order valence-corrected chi connectivity index (χ1v) is 11.3. The summed E-state index contributed by atoms with van der Waals surface area (Å²) in [6.45, 7) is 16.9. The highest BCUT2D eigenvalue weighted by Crippen LogP contribution is 2.33. The molecule has 0 unspecified atom stereocenters. The molecule has 0 bridgehead atoms. The molecule has 1 heterocycles. The summed E-state index contributed by atoms with van der Waals surface area (Å²) >= 11 is 6.42. The van der Waals surface area contributed by atoms with E-state index in [0.717, 1.165) is 30.2 Å². The Hall–Kier alpha value is -1.83. The number of hydrogen-bond donors (Lipinski definition) is 2. The second kappa shape index (κ2) is 13.6. The van der Waals surface area contributed by atoms with E-state index in [1.165, 1.54) is 51.3 Å². The molecule has 0 atom stereocenters. The van der Waals surface area contributed by atoms with E-state index in [1.54, 1.807) is 0 Å². The summed E-state index contributed by atoms with van der Waals surface area (Å²) in [5.41, 5.74) is 1.43. The maximum Gasteiger partial charge on any atom is 0.414 e. The largest absolute Gasteiger partial charge is 0.492 e. The second-order valence-corrected chi connectivity index (χ2v) is 8.73. The van der Waals surface area contributed by atoms with Crippen LogP contribution in [0.3, 0.4) is 0 Å². The molecule has 1 fully saturated rings. The van der Waals surface area contributed by atoms with Crippen LogP contribution in [0.25, 0.3) is 0 Å². The van der Waals surface area contributed by atoms with Crippen LogP contribution >= 0.6 is 11.6 Å². The van der Waals surface area contributed by atoms with Gasteiger partial charge in [-0.15, -0.1) is 0 Å². The first kappa shape index (κ1) is 27.2. The SMILES string of the molecule is CCN1CCN(CCCCOc2ccc(C(C)(C)CC)cc2Cl)CC1.O=C(O)C(=O)O. The molecule has 2 rings (SSSR count). The summed E-state index contributed by atoms with van der Waals surface area (Å²) in [5.74, 6) is -2.83. The van der Waals surface area contributed by atoms with Gasteiger partial charge in [-0.25, -0.2) is 9.59 Å². The zero-order valence-electron chi connectivity index (χ0n) is 19.2. The van der Waals surface area contributed by atoms with Crippen molar-refractivity contribution in [2.45, 2.75) is 52.4 Å². The quantitative estimate of drug-likeness (QED) is 0.429. The highest BCUT2D eigenvalue weighted by atomic mass is 35.5. The Morgan fingerprint density at radius 3 is 2.10 bits per heavy atom. The molecule has 1 aliphatic rings. The molecule has 1 aliphatic heterocycles. The third-order valence-corrected chi connectivity index (χ3v) is 6.11. The van der Waals surface area contributed by atoms with E-state index in [9.17, 15) is 0 Å². The molecule has 0 saturated carbocycles. The number of carbonyl (C=O) groups is 2. The van der Waals surface area contributed by atoms with Crippen molar-refractivity contribution in [2.75, 3.05) is 45.9 Å². The molecular weight excluding hydrogens is 420 g/mol. The molecule has 0 spiro atoms. The van der Waals surface area contributed by atoms with E-state index in [2.05, 4.69) is 49.6 Å². The van der Waals surface area contributed by atoms with Crippen LogP contribution in [0.1, 0.15) is 52.5 Å². The highest BCUT2D eigenvalue weighted by Gasteiger charge is 2.19. The average Bonchev–Trinajstić information content (AvgIpc) is 2.75. The highest BCUT2D eigenvalue weighted by molar-refractivity contribution is 6.32. The van der Waals surface area contributed by atoms with Crippen molar-refractivity contribution in [1.82, 2.24) is 9.80 Å². The van der Waals surface area contributed by atoms with Crippen LogP contribution in [0.4, 0.5) is 0 Å². The van der Waals surface area contributed by atoms with Crippen LogP contribution in [0.2, 0.25) is 5.02 Å². The van der Waals surface area contributed by atoms with E-state index in [0.29, 0.717) is 0 Å². The van der Waals surface area contributed by atoms with Gasteiger partial charge in [0.25, 0.3) is 0 Å². The van der Waals surface area contributed by atoms with E-state index < -0.39 is 11.9 Å². The topological polar surface area (TPSA) is 90.3 Å². The molecule has 0 radical (unpaired) electrons. The summed E-state index contributed by atoms with van der Waals surface area (Å²) in [6.07, 6.45) is 3.35. The lowest BCUT2D eigenvalue weighted by Gasteiger charge is -2.33. The third kappa shape index (κ3) is 9.89. The van der Waals surface area contributed by atoms with Crippen LogP contribution < -0.4 is 4.74 Å². The monoisotopic (exact) mass is 456 g/mol. The lowest BCUT2D eigenvalue weighted by Crippen LogP contribution is -2.46. The lowest BCUT2D eigenvalue weighted by molar-refractivity contribution is -0.159. The second-order valence-electron chi connectivity index (χ2n) is 8.32. The molecule has 1 saturated heterocycles. The van der Waals surface area contributed by atoms with E-state index in [1.807, 2.05) is 6.07 Å². The number of aliphatic carboxylic acids is 2. The van der Waals surface area contributed by atoms with Crippen molar-refractivity contribution >= 4 is 23.5 Å². The van der Waals surface area contributed by atoms with Gasteiger partial charge in [-0.05, 0) is 55.5 Å². The Labute approximate surface area is 190 Å². The van der Waals surface area contributed by atoms with E-state index in [-0.39, 0.29) is 5.41 Å². The molecule has 0 aliphatic carbocycles. The Bertz CT molecular complexity index is 691. The lowest BCUT2D eigenvalue weighted by atomic mass is 9.82. The van der Waals surface area contributed by atoms with Crippen molar-refractivity contribution in [3.63, 3.8) is 0 Å². The number of ether oxygens (including phenoxy) is 1. The summed E-state index contributed by atoms with van der Waals surface area (Å²) in [7, 11) is 0. The summed E-state index contributed by atoms with van der Waals surface area (Å²) in [4.78, 5) is 23.3. The van der Waals surface area contributed by atoms with Gasteiger partial charge in [0.05, 0.1) is 11.6 Å². The number of unbranched alkanes of at least 4 members (excludes halogenated alkanes) is 1. The van der Waals surface area contributed by atoms with Crippen molar-refractivity contribution < 1.29 is 24.5 Å². The van der Waals surface area contributed by atoms with Crippen molar-refractivity contribution in [3.8, 4) is 5.75 Å². The minimum atomic E-state index is -1.82. The first-order chi connectivity index (χ1) is 14.6. The van der Waals surface area contributed by atoms with Gasteiger partial charge in [0.1, 0.15) is 5.75 Å². The number of likely N-dealkylation sites (N-methyl/N-ethyl adjacent to an activating group) is 1. The fraction of sp³-hybridized carbons (Fsp3) is 0.652. The Morgan fingerprint density at radius 1 is 1.03 bits per heavy atom. The molecule has 7 nitrogen and oxygen atoms in total. The molecule has 2 N–H and O–H groups in total. The Morgan fingerprint density at radius 2 is 1.61 bits per heavy atom. The number of rotatable bonds is 9. The van der Waals surface area contributed by atoms with Gasteiger partial charge < -0.3 is 24.7 Å². The van der Waals surface area contributed by atoms with Gasteiger partial charge in [0.15, 0.2) is 0 Å². The molecule has 31 heavy (non-hydrogen) atoms. The number of benzene rings is 1. The zero-order valence-corrected chi connectivity index (χ0v) is 20.0. The summed E-state index contributed by atoms with van der Waals surface area (Å²) in [6, 6.07) is 6.24. The van der Waals surface area contributed by atoms with Crippen molar-refractivity contribution in [2.24, 2.45) is 0 Å². The number of carboxylic acids is 2.